The van der Waals surface area contributed by atoms with Gasteiger partial charge in [-0.05, 0) is 16.5 Å². The fraction of sp³-hybridized carbons (Fsp3) is 0.278. The highest BCUT2D eigenvalue weighted by molar-refractivity contribution is 5.97. The van der Waals surface area contributed by atoms with E-state index in [9.17, 15) is 4.79 Å². The summed E-state index contributed by atoms with van der Waals surface area (Å²) in [4.78, 5) is 12.2. The van der Waals surface area contributed by atoms with Crippen LogP contribution in [0.4, 0.5) is 0 Å². The SMILES string of the molecule is CC(C)(C)c1ccc(C(=O)Cc2ccccc2)cc1. The van der Waals surface area contributed by atoms with Crippen molar-refractivity contribution in [3.63, 3.8) is 0 Å². The third-order valence-electron chi connectivity index (χ3n) is 3.28. The first-order valence-electron chi connectivity index (χ1n) is 6.64. The fourth-order valence-corrected chi connectivity index (χ4v) is 2.04. The first-order valence-corrected chi connectivity index (χ1v) is 6.64. The minimum atomic E-state index is 0.126. The molecule has 1 nitrogen and oxygen atoms in total. The summed E-state index contributed by atoms with van der Waals surface area (Å²) in [6, 6.07) is 17.8. The van der Waals surface area contributed by atoms with E-state index in [-0.39, 0.29) is 11.2 Å². The molecule has 0 fully saturated rings. The molecule has 0 saturated carbocycles. The Bertz CT molecular complexity index is 544. The Hall–Kier alpha value is -1.89. The molecule has 2 aromatic carbocycles. The highest BCUT2D eigenvalue weighted by Gasteiger charge is 2.14. The van der Waals surface area contributed by atoms with Crippen LogP contribution in [0.15, 0.2) is 54.6 Å². The summed E-state index contributed by atoms with van der Waals surface area (Å²) >= 11 is 0. The third-order valence-corrected chi connectivity index (χ3v) is 3.28. The zero-order chi connectivity index (χ0) is 13.9. The number of Topliss-reactive ketones (excluding diaryl/α,β-unsaturated/α-hetero) is 1. The van der Waals surface area contributed by atoms with Crippen LogP contribution in [0.25, 0.3) is 0 Å². The number of ketones is 1. The zero-order valence-corrected chi connectivity index (χ0v) is 11.8. The normalized spacial score (nSPS) is 11.3. The molecule has 2 rings (SSSR count). The summed E-state index contributed by atoms with van der Waals surface area (Å²) in [6.45, 7) is 6.52. The Kier molecular flexibility index (Phi) is 3.84. The summed E-state index contributed by atoms with van der Waals surface area (Å²) in [5, 5.41) is 0. The monoisotopic (exact) mass is 252 g/mol. The first kappa shape index (κ1) is 13.5. The van der Waals surface area contributed by atoms with Gasteiger partial charge in [0.05, 0.1) is 0 Å². The minimum Gasteiger partial charge on any atom is -0.294 e. The lowest BCUT2D eigenvalue weighted by atomic mass is 9.86. The van der Waals surface area contributed by atoms with Crippen molar-refractivity contribution in [3.05, 3.63) is 71.3 Å². The highest BCUT2D eigenvalue weighted by atomic mass is 16.1. The molecule has 0 aliphatic rings. The van der Waals surface area contributed by atoms with Gasteiger partial charge >= 0.3 is 0 Å². The van der Waals surface area contributed by atoms with Crippen molar-refractivity contribution >= 4 is 5.78 Å². The Balaban J connectivity index is 2.12. The summed E-state index contributed by atoms with van der Waals surface area (Å²) in [5.74, 6) is 0.173. The second-order valence-electron chi connectivity index (χ2n) is 5.91. The molecular formula is C18H20O. The summed E-state index contributed by atoms with van der Waals surface area (Å²) in [7, 11) is 0. The molecule has 0 unspecified atom stereocenters. The molecule has 0 spiro atoms. The molecule has 98 valence electrons. The number of hydrogen-bond donors (Lipinski definition) is 0. The van der Waals surface area contributed by atoms with Crippen LogP contribution in [-0.4, -0.2) is 5.78 Å². The Morgan fingerprint density at radius 3 is 2.00 bits per heavy atom. The highest BCUT2D eigenvalue weighted by Crippen LogP contribution is 2.22. The first-order chi connectivity index (χ1) is 8.97. The van der Waals surface area contributed by atoms with Crippen molar-refractivity contribution in [1.82, 2.24) is 0 Å². The molecule has 0 aliphatic carbocycles. The molecule has 0 heterocycles. The largest absolute Gasteiger partial charge is 0.294 e. The van der Waals surface area contributed by atoms with Gasteiger partial charge in [-0.2, -0.15) is 0 Å². The molecule has 0 saturated heterocycles. The van der Waals surface area contributed by atoms with Gasteiger partial charge in [-0.25, -0.2) is 0 Å². The summed E-state index contributed by atoms with van der Waals surface area (Å²) in [6.07, 6.45) is 0.468. The number of carbonyl (C=O) groups excluding carboxylic acids is 1. The minimum absolute atomic E-state index is 0.126. The molecule has 19 heavy (non-hydrogen) atoms. The maximum Gasteiger partial charge on any atom is 0.167 e. The molecular weight excluding hydrogens is 232 g/mol. The zero-order valence-electron chi connectivity index (χ0n) is 11.8. The van der Waals surface area contributed by atoms with Crippen LogP contribution in [0, 0.1) is 0 Å². The molecule has 0 N–H and O–H groups in total. The van der Waals surface area contributed by atoms with E-state index in [1.807, 2.05) is 42.5 Å². The van der Waals surface area contributed by atoms with Crippen molar-refractivity contribution in [2.24, 2.45) is 0 Å². The van der Waals surface area contributed by atoms with Crippen LogP contribution < -0.4 is 0 Å². The lowest BCUT2D eigenvalue weighted by molar-refractivity contribution is 0.0993. The second-order valence-corrected chi connectivity index (χ2v) is 5.91. The predicted octanol–water partition coefficient (Wildman–Crippen LogP) is 4.41. The van der Waals surface area contributed by atoms with E-state index in [0.29, 0.717) is 6.42 Å². The topological polar surface area (TPSA) is 17.1 Å². The summed E-state index contributed by atoms with van der Waals surface area (Å²) < 4.78 is 0. The van der Waals surface area contributed by atoms with Gasteiger partial charge in [-0.3, -0.25) is 4.79 Å². The molecule has 0 aliphatic heterocycles. The van der Waals surface area contributed by atoms with Crippen LogP contribution in [-0.2, 0) is 11.8 Å². The standard InChI is InChI=1S/C18H20O/c1-18(2,3)16-11-9-15(10-12-16)17(19)13-14-7-5-4-6-8-14/h4-12H,13H2,1-3H3. The number of benzene rings is 2. The van der Waals surface area contributed by atoms with Crippen molar-refractivity contribution in [2.45, 2.75) is 32.6 Å². The van der Waals surface area contributed by atoms with Gasteiger partial charge in [-0.1, -0.05) is 75.4 Å². The molecule has 0 atom stereocenters. The second kappa shape index (κ2) is 5.40. The van der Waals surface area contributed by atoms with Crippen LogP contribution in [0.2, 0.25) is 0 Å². The maximum atomic E-state index is 12.2. The van der Waals surface area contributed by atoms with Gasteiger partial charge in [0.1, 0.15) is 0 Å². The Morgan fingerprint density at radius 2 is 1.47 bits per heavy atom. The molecule has 0 bridgehead atoms. The Morgan fingerprint density at radius 1 is 0.895 bits per heavy atom. The van der Waals surface area contributed by atoms with E-state index in [4.69, 9.17) is 0 Å². The average Bonchev–Trinajstić information content (AvgIpc) is 2.39. The van der Waals surface area contributed by atoms with Gasteiger partial charge in [-0.15, -0.1) is 0 Å². The van der Waals surface area contributed by atoms with E-state index >= 15 is 0 Å². The van der Waals surface area contributed by atoms with Gasteiger partial charge in [0.25, 0.3) is 0 Å². The summed E-state index contributed by atoms with van der Waals surface area (Å²) in [5.41, 5.74) is 3.23. The van der Waals surface area contributed by atoms with Gasteiger partial charge < -0.3 is 0 Å². The van der Waals surface area contributed by atoms with Crippen molar-refractivity contribution in [1.29, 1.82) is 0 Å². The van der Waals surface area contributed by atoms with E-state index < -0.39 is 0 Å². The van der Waals surface area contributed by atoms with E-state index in [1.165, 1.54) is 5.56 Å². The van der Waals surface area contributed by atoms with Crippen molar-refractivity contribution < 1.29 is 4.79 Å². The van der Waals surface area contributed by atoms with Crippen LogP contribution >= 0.6 is 0 Å². The van der Waals surface area contributed by atoms with Crippen molar-refractivity contribution in [2.75, 3.05) is 0 Å². The lowest BCUT2D eigenvalue weighted by Gasteiger charge is -2.19. The van der Waals surface area contributed by atoms with Gasteiger partial charge in [0.2, 0.25) is 0 Å². The molecule has 1 heteroatoms. The number of carbonyl (C=O) groups is 1. The lowest BCUT2D eigenvalue weighted by Crippen LogP contribution is -2.11. The smallest absolute Gasteiger partial charge is 0.167 e. The quantitative estimate of drug-likeness (QED) is 0.739. The van der Waals surface area contributed by atoms with Crippen LogP contribution in [0.3, 0.4) is 0 Å². The molecule has 2 aromatic rings. The third kappa shape index (κ3) is 3.54. The molecule has 0 aromatic heterocycles. The molecule has 0 radical (unpaired) electrons. The number of rotatable bonds is 3. The Labute approximate surface area is 115 Å². The van der Waals surface area contributed by atoms with E-state index in [2.05, 4.69) is 32.9 Å². The predicted molar refractivity (Wildman–Crippen MR) is 79.6 cm³/mol. The fourth-order valence-electron chi connectivity index (χ4n) is 2.04. The maximum absolute atomic E-state index is 12.2. The van der Waals surface area contributed by atoms with Gasteiger partial charge in [0.15, 0.2) is 5.78 Å². The average molecular weight is 252 g/mol. The van der Waals surface area contributed by atoms with E-state index in [0.717, 1.165) is 11.1 Å². The number of hydrogen-bond acceptors (Lipinski definition) is 1. The molecule has 0 amide bonds. The van der Waals surface area contributed by atoms with Crippen LogP contribution in [0.5, 0.6) is 0 Å². The van der Waals surface area contributed by atoms with Crippen LogP contribution in [0.1, 0.15) is 42.3 Å². The van der Waals surface area contributed by atoms with Gasteiger partial charge in [0, 0.05) is 12.0 Å². The van der Waals surface area contributed by atoms with Crippen molar-refractivity contribution in [3.8, 4) is 0 Å². The van der Waals surface area contributed by atoms with E-state index in [1.54, 1.807) is 0 Å².